The first-order chi connectivity index (χ1) is 10.1. The number of rotatable bonds is 4. The summed E-state index contributed by atoms with van der Waals surface area (Å²) in [6.07, 6.45) is 3.90. The predicted molar refractivity (Wildman–Crippen MR) is 79.1 cm³/mol. The van der Waals surface area contributed by atoms with Crippen LogP contribution in [0.1, 0.15) is 11.7 Å². The molecule has 1 amide bonds. The van der Waals surface area contributed by atoms with Crippen molar-refractivity contribution >= 4 is 35.4 Å². The summed E-state index contributed by atoms with van der Waals surface area (Å²) in [4.78, 5) is 28.8. The van der Waals surface area contributed by atoms with Gasteiger partial charge in [-0.15, -0.1) is 11.8 Å². The number of carbonyl (C=O) groups is 2. The van der Waals surface area contributed by atoms with Gasteiger partial charge in [0.25, 0.3) is 0 Å². The van der Waals surface area contributed by atoms with E-state index >= 15 is 0 Å². The van der Waals surface area contributed by atoms with Crippen molar-refractivity contribution < 1.29 is 19.8 Å². The Morgan fingerprint density at radius 3 is 2.90 bits per heavy atom. The number of aromatic nitrogens is 1. The average Bonchev–Trinajstić information content (AvgIpc) is 2.83. The van der Waals surface area contributed by atoms with Crippen molar-refractivity contribution in [3.05, 3.63) is 40.0 Å². The molecule has 0 saturated carbocycles. The van der Waals surface area contributed by atoms with Crippen LogP contribution in [-0.2, 0) is 9.59 Å². The Morgan fingerprint density at radius 1 is 1.57 bits per heavy atom. The SMILES string of the molecule is CSC1=C(C(=O)O)N2C(=O)[C@H](C(O)c3cccnc3)[C@H]2S1. The topological polar surface area (TPSA) is 90.7 Å². The van der Waals surface area contributed by atoms with E-state index in [4.69, 9.17) is 0 Å². The van der Waals surface area contributed by atoms with Crippen LogP contribution in [0.3, 0.4) is 0 Å². The largest absolute Gasteiger partial charge is 0.477 e. The first kappa shape index (κ1) is 14.4. The molecule has 0 aliphatic carbocycles. The van der Waals surface area contributed by atoms with E-state index in [1.165, 1.54) is 34.6 Å². The first-order valence-corrected chi connectivity index (χ1v) is 8.26. The van der Waals surface area contributed by atoms with Gasteiger partial charge in [0.15, 0.2) is 5.70 Å². The van der Waals surface area contributed by atoms with Crippen LogP contribution in [0.25, 0.3) is 0 Å². The molecule has 3 atom stereocenters. The van der Waals surface area contributed by atoms with Crippen LogP contribution >= 0.6 is 23.5 Å². The van der Waals surface area contributed by atoms with E-state index in [9.17, 15) is 19.8 Å². The fraction of sp³-hybridized carbons (Fsp3) is 0.308. The summed E-state index contributed by atoms with van der Waals surface area (Å²) in [5, 5.41) is 19.3. The van der Waals surface area contributed by atoms with Crippen molar-refractivity contribution in [2.75, 3.05) is 6.26 Å². The van der Waals surface area contributed by atoms with Crippen molar-refractivity contribution in [1.29, 1.82) is 0 Å². The number of thioether (sulfide) groups is 2. The summed E-state index contributed by atoms with van der Waals surface area (Å²) in [7, 11) is 0. The highest BCUT2D eigenvalue weighted by atomic mass is 32.2. The van der Waals surface area contributed by atoms with Gasteiger partial charge < -0.3 is 10.2 Å². The molecule has 0 radical (unpaired) electrons. The third-order valence-electron chi connectivity index (χ3n) is 3.50. The third-order valence-corrected chi connectivity index (χ3v) is 6.01. The Morgan fingerprint density at radius 2 is 2.33 bits per heavy atom. The molecule has 3 rings (SSSR count). The molecule has 1 aromatic rings. The molecule has 0 bridgehead atoms. The van der Waals surface area contributed by atoms with Crippen molar-refractivity contribution in [3.63, 3.8) is 0 Å². The van der Waals surface area contributed by atoms with Gasteiger partial charge in [-0.2, -0.15) is 0 Å². The number of fused-ring (bicyclic) bond motifs is 1. The normalized spacial score (nSPS) is 25.6. The van der Waals surface area contributed by atoms with E-state index in [0.29, 0.717) is 9.80 Å². The number of nitrogens with zero attached hydrogens (tertiary/aromatic N) is 2. The quantitative estimate of drug-likeness (QED) is 0.806. The second-order valence-electron chi connectivity index (χ2n) is 4.62. The average molecular weight is 324 g/mol. The highest BCUT2D eigenvalue weighted by Crippen LogP contribution is 2.55. The molecular weight excluding hydrogens is 312 g/mol. The van der Waals surface area contributed by atoms with E-state index in [0.717, 1.165) is 0 Å². The van der Waals surface area contributed by atoms with Crippen LogP contribution in [0, 0.1) is 5.92 Å². The first-order valence-electron chi connectivity index (χ1n) is 6.15. The Kier molecular flexibility index (Phi) is 3.68. The minimum atomic E-state index is -1.11. The fourth-order valence-corrected chi connectivity index (χ4v) is 4.80. The highest BCUT2D eigenvalue weighted by molar-refractivity contribution is 8.22. The number of hydrogen-bond donors (Lipinski definition) is 2. The fourth-order valence-electron chi connectivity index (χ4n) is 2.50. The van der Waals surface area contributed by atoms with Gasteiger partial charge >= 0.3 is 5.97 Å². The van der Waals surface area contributed by atoms with Crippen LogP contribution in [0.2, 0.25) is 0 Å². The number of pyridine rings is 1. The van der Waals surface area contributed by atoms with Crippen molar-refractivity contribution in [2.24, 2.45) is 5.92 Å². The maximum atomic E-state index is 12.3. The Hall–Kier alpha value is -1.51. The summed E-state index contributed by atoms with van der Waals surface area (Å²) >= 11 is 2.62. The third kappa shape index (κ3) is 2.14. The number of carboxylic acids is 1. The zero-order valence-electron chi connectivity index (χ0n) is 11.0. The van der Waals surface area contributed by atoms with Gasteiger partial charge in [0, 0.05) is 12.4 Å². The van der Waals surface area contributed by atoms with Crippen molar-refractivity contribution in [2.45, 2.75) is 11.5 Å². The molecule has 2 aliphatic heterocycles. The van der Waals surface area contributed by atoms with E-state index in [1.54, 1.807) is 24.6 Å². The summed E-state index contributed by atoms with van der Waals surface area (Å²) in [6, 6.07) is 3.39. The monoisotopic (exact) mass is 324 g/mol. The number of aliphatic hydroxyl groups is 1. The minimum Gasteiger partial charge on any atom is -0.477 e. The zero-order chi connectivity index (χ0) is 15.1. The van der Waals surface area contributed by atoms with Crippen LogP contribution in [-0.4, -0.2) is 43.6 Å². The molecule has 110 valence electrons. The molecule has 2 N–H and O–H groups in total. The lowest BCUT2D eigenvalue weighted by molar-refractivity contribution is -0.157. The lowest BCUT2D eigenvalue weighted by Gasteiger charge is -2.44. The molecule has 1 unspecified atom stereocenters. The second-order valence-corrected chi connectivity index (χ2v) is 6.82. The maximum absolute atomic E-state index is 12.3. The Balaban J connectivity index is 1.86. The molecule has 1 saturated heterocycles. The van der Waals surface area contributed by atoms with E-state index in [1.807, 2.05) is 0 Å². The molecular formula is C13H12N2O4S2. The molecule has 6 nitrogen and oxygen atoms in total. The Bertz CT molecular complexity index is 634. The predicted octanol–water partition coefficient (Wildman–Crippen LogP) is 1.26. The van der Waals surface area contributed by atoms with Crippen molar-refractivity contribution in [1.82, 2.24) is 9.88 Å². The van der Waals surface area contributed by atoms with Gasteiger partial charge in [0.05, 0.1) is 16.3 Å². The molecule has 8 heteroatoms. The van der Waals surface area contributed by atoms with Crippen LogP contribution in [0.4, 0.5) is 0 Å². The van der Waals surface area contributed by atoms with E-state index < -0.39 is 18.0 Å². The van der Waals surface area contributed by atoms with Gasteiger partial charge in [0.2, 0.25) is 5.91 Å². The lowest BCUT2D eigenvalue weighted by atomic mass is 9.88. The molecule has 3 heterocycles. The van der Waals surface area contributed by atoms with E-state index in [2.05, 4.69) is 4.98 Å². The molecule has 0 aromatic carbocycles. The number of aliphatic hydroxyl groups excluding tert-OH is 1. The minimum absolute atomic E-state index is 0.0251. The summed E-state index contributed by atoms with van der Waals surface area (Å²) < 4.78 is 0.599. The van der Waals surface area contributed by atoms with Gasteiger partial charge in [-0.05, 0) is 17.9 Å². The standard InChI is InChI=1S/C13H12N2O4S2/c1-20-13-8(12(18)19)15-10(17)7(11(15)21-13)9(16)6-3-2-4-14-5-6/h2-5,7,9,11,16H,1H3,(H,18,19)/t7-,9?,11+/m0/s1. The van der Waals surface area contributed by atoms with E-state index in [-0.39, 0.29) is 17.0 Å². The Labute approximate surface area is 129 Å². The number of amides is 1. The van der Waals surface area contributed by atoms with Crippen LogP contribution < -0.4 is 0 Å². The van der Waals surface area contributed by atoms with Gasteiger partial charge in [-0.1, -0.05) is 17.8 Å². The van der Waals surface area contributed by atoms with Crippen molar-refractivity contribution in [3.8, 4) is 0 Å². The molecule has 21 heavy (non-hydrogen) atoms. The smallest absolute Gasteiger partial charge is 0.354 e. The van der Waals surface area contributed by atoms with Crippen LogP contribution in [0.5, 0.6) is 0 Å². The summed E-state index contributed by atoms with van der Waals surface area (Å²) in [5.41, 5.74) is 0.586. The lowest BCUT2D eigenvalue weighted by Crippen LogP contribution is -2.59. The highest BCUT2D eigenvalue weighted by Gasteiger charge is 2.58. The number of carboxylic acid groups (broad SMARTS) is 1. The molecule has 1 aromatic heterocycles. The number of carbonyl (C=O) groups excluding carboxylic acids is 1. The molecule has 1 fully saturated rings. The van der Waals surface area contributed by atoms with Gasteiger partial charge in [-0.3, -0.25) is 14.7 Å². The van der Waals surface area contributed by atoms with Gasteiger partial charge in [0.1, 0.15) is 5.37 Å². The second kappa shape index (κ2) is 5.36. The zero-order valence-corrected chi connectivity index (χ0v) is 12.6. The number of aliphatic carboxylic acids is 1. The van der Waals surface area contributed by atoms with Crippen LogP contribution in [0.15, 0.2) is 34.5 Å². The molecule has 2 aliphatic rings. The van der Waals surface area contributed by atoms with Gasteiger partial charge in [-0.25, -0.2) is 4.79 Å². The summed E-state index contributed by atoms with van der Waals surface area (Å²) in [6.45, 7) is 0. The summed E-state index contributed by atoms with van der Waals surface area (Å²) in [5.74, 6) is -2.11. The maximum Gasteiger partial charge on any atom is 0.354 e. The molecule has 0 spiro atoms. The number of β-lactam (4-membered cyclic amide) rings is 1. The number of hydrogen-bond acceptors (Lipinski definition) is 6.